The van der Waals surface area contributed by atoms with Gasteiger partial charge in [0.05, 0.1) is 31.3 Å². The van der Waals surface area contributed by atoms with Gasteiger partial charge in [0.1, 0.15) is 5.75 Å². The van der Waals surface area contributed by atoms with Gasteiger partial charge in [-0.3, -0.25) is 9.59 Å². The molecule has 27 heavy (non-hydrogen) atoms. The van der Waals surface area contributed by atoms with Crippen molar-refractivity contribution in [3.63, 3.8) is 0 Å². The number of fused-ring (bicyclic) bond motifs is 1. The quantitative estimate of drug-likeness (QED) is 0.229. The van der Waals surface area contributed by atoms with Crippen molar-refractivity contribution in [2.75, 3.05) is 0 Å². The molecule has 1 saturated carbocycles. The van der Waals surface area contributed by atoms with Crippen molar-refractivity contribution in [1.82, 2.24) is 5.01 Å². The van der Waals surface area contributed by atoms with E-state index in [1.54, 1.807) is 6.21 Å². The molecule has 5 rings (SSSR count). The van der Waals surface area contributed by atoms with Crippen molar-refractivity contribution in [1.29, 1.82) is 0 Å². The second-order valence-corrected chi connectivity index (χ2v) is 9.88. The first-order valence-corrected chi connectivity index (χ1v) is 11.3. The van der Waals surface area contributed by atoms with Gasteiger partial charge in [-0.1, -0.05) is 12.2 Å². The number of amides is 2. The van der Waals surface area contributed by atoms with Crippen LogP contribution in [0.5, 0.6) is 5.75 Å². The lowest BCUT2D eigenvalue weighted by Crippen LogP contribution is -2.38. The fourth-order valence-electron chi connectivity index (χ4n) is 4.30. The van der Waals surface area contributed by atoms with E-state index in [9.17, 15) is 9.59 Å². The molecule has 2 fully saturated rings. The van der Waals surface area contributed by atoms with E-state index in [-0.39, 0.29) is 41.6 Å². The van der Waals surface area contributed by atoms with E-state index < -0.39 is 0 Å². The molecule has 0 N–H and O–H groups in total. The summed E-state index contributed by atoms with van der Waals surface area (Å²) in [5.41, 5.74) is 0.844. The summed E-state index contributed by atoms with van der Waals surface area (Å²) >= 11 is 4.47. The van der Waals surface area contributed by atoms with E-state index in [1.807, 2.05) is 26.0 Å². The third-order valence-electron chi connectivity index (χ3n) is 5.43. The summed E-state index contributed by atoms with van der Waals surface area (Å²) in [6.07, 6.45) is 7.92. The molecular weight excluding hydrogens is 570 g/mol. The molecule has 0 radical (unpaired) electrons. The second kappa shape index (κ2) is 7.46. The molecular formula is C20H20I2N2O3. The summed E-state index contributed by atoms with van der Waals surface area (Å²) in [6.45, 7) is 3.99. The summed E-state index contributed by atoms with van der Waals surface area (Å²) < 4.78 is 7.81. The summed E-state index contributed by atoms with van der Waals surface area (Å²) in [5.74, 6) is 0.484. The molecule has 4 aliphatic rings. The number of nitrogens with zero attached hydrogens (tertiary/aromatic N) is 2. The molecule has 142 valence electrons. The predicted octanol–water partition coefficient (Wildman–Crippen LogP) is 4.21. The van der Waals surface area contributed by atoms with Gasteiger partial charge in [0, 0.05) is 0 Å². The minimum Gasteiger partial charge on any atom is -0.489 e. The Morgan fingerprint density at radius 2 is 1.59 bits per heavy atom. The minimum absolute atomic E-state index is 0.0960. The number of carbonyl (C=O) groups is 2. The minimum atomic E-state index is -0.222. The van der Waals surface area contributed by atoms with Crippen molar-refractivity contribution in [3.05, 3.63) is 37.0 Å². The predicted molar refractivity (Wildman–Crippen MR) is 119 cm³/mol. The first-order chi connectivity index (χ1) is 12.9. The van der Waals surface area contributed by atoms with E-state index in [0.29, 0.717) is 0 Å². The van der Waals surface area contributed by atoms with Crippen LogP contribution in [0.15, 0.2) is 29.4 Å². The molecule has 4 atom stereocenters. The average Bonchev–Trinajstić information content (AvgIpc) is 2.90. The van der Waals surface area contributed by atoms with Crippen molar-refractivity contribution in [2.24, 2.45) is 28.8 Å². The Morgan fingerprint density at radius 3 is 2.04 bits per heavy atom. The highest BCUT2D eigenvalue weighted by molar-refractivity contribution is 14.1. The van der Waals surface area contributed by atoms with Gasteiger partial charge >= 0.3 is 0 Å². The third-order valence-corrected chi connectivity index (χ3v) is 7.04. The average molecular weight is 590 g/mol. The summed E-state index contributed by atoms with van der Waals surface area (Å²) in [4.78, 5) is 25.6. The number of hydrazone groups is 1. The van der Waals surface area contributed by atoms with Crippen molar-refractivity contribution in [3.8, 4) is 5.75 Å². The van der Waals surface area contributed by atoms with Crippen molar-refractivity contribution in [2.45, 2.75) is 32.8 Å². The van der Waals surface area contributed by atoms with Gasteiger partial charge in [0.2, 0.25) is 0 Å². The molecule has 7 heteroatoms. The molecule has 1 aromatic carbocycles. The Hall–Kier alpha value is -0.970. The third kappa shape index (κ3) is 3.45. The fraction of sp³-hybridized carbons (Fsp3) is 0.450. The zero-order valence-corrected chi connectivity index (χ0v) is 19.4. The normalized spacial score (nSPS) is 29.3. The molecule has 2 amide bonds. The number of hydrogen-bond donors (Lipinski definition) is 0. The van der Waals surface area contributed by atoms with Gasteiger partial charge < -0.3 is 4.74 Å². The molecule has 1 aromatic rings. The van der Waals surface area contributed by atoms with Crippen LogP contribution in [0.25, 0.3) is 0 Å². The first kappa shape index (κ1) is 19.4. The maximum atomic E-state index is 12.8. The number of carbonyl (C=O) groups excluding carboxylic acids is 2. The lowest BCUT2D eigenvalue weighted by atomic mass is 9.63. The lowest BCUT2D eigenvalue weighted by Gasteiger charge is -2.37. The molecule has 1 heterocycles. The van der Waals surface area contributed by atoms with Gasteiger partial charge in [-0.15, -0.1) is 0 Å². The van der Waals surface area contributed by atoms with Crippen LogP contribution in [0, 0.1) is 30.8 Å². The standard InChI is InChI=1S/C20H20I2N2O3/c1-10(2)27-18-14(21)7-11(8-15(18)22)9-23-24-19(25)16-12-3-4-13(6-5-12)17(16)20(24)26/h3-4,7-10,12-13,16-17H,5-6H2,1-2H3/b23-9-/t12-,13-,16+,17+/m0/s1. The fourth-order valence-corrected chi connectivity index (χ4v) is 6.37. The Bertz CT molecular complexity index is 810. The summed E-state index contributed by atoms with van der Waals surface area (Å²) in [7, 11) is 0. The van der Waals surface area contributed by atoms with E-state index >= 15 is 0 Å². The van der Waals surface area contributed by atoms with Crippen LogP contribution in [0.4, 0.5) is 0 Å². The number of rotatable bonds is 4. The molecule has 0 aromatic heterocycles. The van der Waals surface area contributed by atoms with Crippen LogP contribution in [-0.2, 0) is 9.59 Å². The second-order valence-electron chi connectivity index (χ2n) is 7.55. The highest BCUT2D eigenvalue weighted by Crippen LogP contribution is 2.49. The maximum absolute atomic E-state index is 12.8. The van der Waals surface area contributed by atoms with Gasteiger partial charge in [-0.25, -0.2) is 0 Å². The van der Waals surface area contributed by atoms with E-state index in [0.717, 1.165) is 36.3 Å². The van der Waals surface area contributed by atoms with Crippen LogP contribution >= 0.6 is 45.2 Å². The van der Waals surface area contributed by atoms with Crippen LogP contribution in [0.2, 0.25) is 0 Å². The highest BCUT2D eigenvalue weighted by Gasteiger charge is 2.56. The van der Waals surface area contributed by atoms with Gasteiger partial charge in [0.15, 0.2) is 0 Å². The van der Waals surface area contributed by atoms with Gasteiger partial charge in [-0.2, -0.15) is 10.1 Å². The molecule has 0 spiro atoms. The zero-order chi connectivity index (χ0) is 19.3. The monoisotopic (exact) mass is 590 g/mol. The highest BCUT2D eigenvalue weighted by atomic mass is 127. The number of allylic oxidation sites excluding steroid dienone is 2. The smallest absolute Gasteiger partial charge is 0.254 e. The van der Waals surface area contributed by atoms with Crippen LogP contribution in [-0.4, -0.2) is 29.1 Å². The molecule has 5 nitrogen and oxygen atoms in total. The number of benzene rings is 1. The largest absolute Gasteiger partial charge is 0.489 e. The number of halogens is 2. The Labute approximate surface area is 185 Å². The van der Waals surface area contributed by atoms with Crippen LogP contribution in [0.1, 0.15) is 32.3 Å². The molecule has 2 bridgehead atoms. The van der Waals surface area contributed by atoms with Crippen LogP contribution in [0.3, 0.4) is 0 Å². The number of ether oxygens (including phenoxy) is 1. The number of hydrogen-bond acceptors (Lipinski definition) is 4. The summed E-state index contributed by atoms with van der Waals surface area (Å²) in [5, 5.41) is 5.39. The van der Waals surface area contributed by atoms with E-state index in [2.05, 4.69) is 62.4 Å². The number of imide groups is 1. The van der Waals surface area contributed by atoms with E-state index in [1.165, 1.54) is 0 Å². The topological polar surface area (TPSA) is 59.0 Å². The maximum Gasteiger partial charge on any atom is 0.254 e. The van der Waals surface area contributed by atoms with Crippen molar-refractivity contribution < 1.29 is 14.3 Å². The SMILES string of the molecule is CC(C)Oc1c(I)cc(/C=N\N2C(=O)[C@H]3[C@H](C2=O)[C@H]2C=C[C@H]3CC2)cc1I. The Balaban J connectivity index is 1.57. The van der Waals surface area contributed by atoms with Crippen molar-refractivity contribution >= 4 is 63.2 Å². The van der Waals surface area contributed by atoms with Gasteiger partial charge in [0.25, 0.3) is 11.8 Å². The van der Waals surface area contributed by atoms with Crippen LogP contribution < -0.4 is 4.74 Å². The Morgan fingerprint density at radius 1 is 1.07 bits per heavy atom. The van der Waals surface area contributed by atoms with E-state index in [4.69, 9.17) is 4.74 Å². The first-order valence-electron chi connectivity index (χ1n) is 9.12. The molecule has 1 aliphatic heterocycles. The molecule has 0 unspecified atom stereocenters. The molecule has 3 aliphatic carbocycles. The lowest BCUT2D eigenvalue weighted by molar-refractivity contribution is -0.140. The molecule has 1 saturated heterocycles. The summed E-state index contributed by atoms with van der Waals surface area (Å²) in [6, 6.07) is 3.90. The zero-order valence-electron chi connectivity index (χ0n) is 15.1. The Kier molecular flexibility index (Phi) is 5.34. The van der Waals surface area contributed by atoms with Gasteiger partial charge in [-0.05, 0) is 101 Å².